The molecule has 2 unspecified atom stereocenters. The van der Waals surface area contributed by atoms with E-state index < -0.39 is 26.2 Å². The lowest BCUT2D eigenvalue weighted by Gasteiger charge is -2.50. The summed E-state index contributed by atoms with van der Waals surface area (Å²) in [6.07, 6.45) is 10.5. The zero-order valence-corrected chi connectivity index (χ0v) is 22.7. The van der Waals surface area contributed by atoms with Gasteiger partial charge in [0.05, 0.1) is 14.2 Å². The Morgan fingerprint density at radius 3 is 2.09 bits per heavy atom. The van der Waals surface area contributed by atoms with Gasteiger partial charge in [0.25, 0.3) is 0 Å². The van der Waals surface area contributed by atoms with E-state index in [1.807, 2.05) is 0 Å². The average Bonchev–Trinajstić information content (AvgIpc) is 3.40. The molecule has 0 amide bonds. The second kappa shape index (κ2) is 9.05. The number of ether oxygens (including phenoxy) is 2. The second-order valence-corrected chi connectivity index (χ2v) is 17.3. The zero-order chi connectivity index (χ0) is 23.9. The van der Waals surface area contributed by atoms with E-state index in [4.69, 9.17) is 13.9 Å². The first-order valence-corrected chi connectivity index (χ1v) is 15.6. The van der Waals surface area contributed by atoms with Gasteiger partial charge < -0.3 is 13.9 Å². The molecule has 3 fully saturated rings. The van der Waals surface area contributed by atoms with Crippen LogP contribution in [-0.2, 0) is 23.5 Å². The van der Waals surface area contributed by atoms with Crippen LogP contribution in [0.1, 0.15) is 85.5 Å². The summed E-state index contributed by atoms with van der Waals surface area (Å²) in [5.41, 5.74) is 0.566. The summed E-state index contributed by atoms with van der Waals surface area (Å²) in [6.45, 7) is 14.3. The summed E-state index contributed by atoms with van der Waals surface area (Å²) in [4.78, 5) is 24.4. The predicted molar refractivity (Wildman–Crippen MR) is 129 cm³/mol. The molecule has 32 heavy (non-hydrogen) atoms. The molecular weight excluding hydrogens is 420 g/mol. The average molecular weight is 467 g/mol. The Morgan fingerprint density at radius 2 is 1.59 bits per heavy atom. The Hall–Kier alpha value is -0.883. The quantitative estimate of drug-likeness (QED) is 0.245. The molecule has 3 aliphatic rings. The molecule has 0 radical (unpaired) electrons. The normalized spacial score (nSPS) is 31.8. The SMILES string of the molecule is COC(=O)C(CCC1(C2CCC3[C@@H](O[Si](C)(C)C(C)(C)C)CCC[C@@]32C)CC1)C(=O)OC. The molecule has 0 heterocycles. The summed E-state index contributed by atoms with van der Waals surface area (Å²) in [5.74, 6) is -0.451. The van der Waals surface area contributed by atoms with Gasteiger partial charge in [-0.3, -0.25) is 9.59 Å². The predicted octanol–water partition coefficient (Wildman–Crippen LogP) is 6.12. The zero-order valence-electron chi connectivity index (χ0n) is 21.7. The fourth-order valence-electron chi connectivity index (χ4n) is 6.80. The van der Waals surface area contributed by atoms with Crippen molar-refractivity contribution in [2.24, 2.45) is 28.6 Å². The molecule has 5 nitrogen and oxygen atoms in total. The van der Waals surface area contributed by atoms with Gasteiger partial charge in [0.2, 0.25) is 0 Å². The van der Waals surface area contributed by atoms with Crippen molar-refractivity contribution in [2.45, 2.75) is 110 Å². The van der Waals surface area contributed by atoms with Crippen molar-refractivity contribution < 1.29 is 23.5 Å². The van der Waals surface area contributed by atoms with E-state index in [9.17, 15) is 9.59 Å². The van der Waals surface area contributed by atoms with E-state index in [0.717, 1.165) is 6.42 Å². The summed E-state index contributed by atoms with van der Waals surface area (Å²) in [5, 5.41) is 0.230. The number of hydrogen-bond acceptors (Lipinski definition) is 5. The van der Waals surface area contributed by atoms with Crippen molar-refractivity contribution >= 4 is 20.3 Å². The van der Waals surface area contributed by atoms with E-state index in [-0.39, 0.29) is 10.5 Å². The van der Waals surface area contributed by atoms with Crippen molar-refractivity contribution in [1.82, 2.24) is 0 Å². The van der Waals surface area contributed by atoms with Crippen LogP contribution in [0, 0.1) is 28.6 Å². The lowest BCUT2D eigenvalue weighted by Crippen LogP contribution is -2.50. The Balaban J connectivity index is 1.73. The highest BCUT2D eigenvalue weighted by Gasteiger charge is 2.62. The summed E-state index contributed by atoms with van der Waals surface area (Å²) in [7, 11) is 0.887. The van der Waals surface area contributed by atoms with Crippen LogP contribution >= 0.6 is 0 Å². The summed E-state index contributed by atoms with van der Waals surface area (Å²) < 4.78 is 16.8. The fraction of sp³-hybridized carbons (Fsp3) is 0.923. The maximum absolute atomic E-state index is 12.2. The molecule has 0 aromatic rings. The third kappa shape index (κ3) is 4.68. The third-order valence-electron chi connectivity index (χ3n) is 9.85. The Morgan fingerprint density at radius 1 is 1.00 bits per heavy atom. The lowest BCUT2D eigenvalue weighted by molar-refractivity contribution is -0.159. The first-order chi connectivity index (χ1) is 14.8. The molecule has 3 rings (SSSR count). The Labute approximate surface area is 196 Å². The summed E-state index contributed by atoms with van der Waals surface area (Å²) in [6, 6.07) is 0. The van der Waals surface area contributed by atoms with E-state index >= 15 is 0 Å². The molecule has 3 saturated carbocycles. The van der Waals surface area contributed by atoms with Gasteiger partial charge in [-0.15, -0.1) is 0 Å². The van der Waals surface area contributed by atoms with E-state index in [1.165, 1.54) is 59.2 Å². The van der Waals surface area contributed by atoms with Gasteiger partial charge in [-0.1, -0.05) is 34.1 Å². The van der Waals surface area contributed by atoms with Gasteiger partial charge in [0.15, 0.2) is 14.2 Å². The maximum Gasteiger partial charge on any atom is 0.320 e. The van der Waals surface area contributed by atoms with Crippen molar-refractivity contribution in [3.8, 4) is 0 Å². The Kier molecular flexibility index (Phi) is 7.28. The monoisotopic (exact) mass is 466 g/mol. The van der Waals surface area contributed by atoms with Gasteiger partial charge in [-0.25, -0.2) is 0 Å². The topological polar surface area (TPSA) is 61.8 Å². The smallest absolute Gasteiger partial charge is 0.320 e. The highest BCUT2D eigenvalue weighted by molar-refractivity contribution is 6.74. The van der Waals surface area contributed by atoms with Crippen LogP contribution in [0.15, 0.2) is 0 Å². The van der Waals surface area contributed by atoms with Crippen LogP contribution in [0.5, 0.6) is 0 Å². The first-order valence-electron chi connectivity index (χ1n) is 12.6. The minimum atomic E-state index is -1.80. The fourth-order valence-corrected chi connectivity index (χ4v) is 8.20. The van der Waals surface area contributed by atoms with Crippen molar-refractivity contribution in [3.63, 3.8) is 0 Å². The van der Waals surface area contributed by atoms with Crippen molar-refractivity contribution in [1.29, 1.82) is 0 Å². The van der Waals surface area contributed by atoms with Gasteiger partial charge in [0.1, 0.15) is 0 Å². The number of carbonyl (C=O) groups is 2. The van der Waals surface area contributed by atoms with Gasteiger partial charge in [-0.2, -0.15) is 0 Å². The third-order valence-corrected chi connectivity index (χ3v) is 14.4. The molecule has 0 N–H and O–H groups in total. The molecule has 0 aromatic carbocycles. The molecule has 6 heteroatoms. The number of methoxy groups -OCH3 is 2. The standard InChI is InChI=1S/C26H46O5Si/c1-24(2,3)32(7,8)31-20-10-9-14-25(4)19(20)11-12-21(25)26(16-17-26)15-13-18(22(27)29-5)23(28)30-6/h18-21H,9-17H2,1-8H3/t19?,20-,21?,25-/m0/s1. The molecule has 3 aliphatic carbocycles. The lowest BCUT2D eigenvalue weighted by atomic mass is 9.60. The van der Waals surface area contributed by atoms with Crippen LogP contribution in [0.3, 0.4) is 0 Å². The second-order valence-electron chi connectivity index (χ2n) is 12.6. The van der Waals surface area contributed by atoms with Gasteiger partial charge >= 0.3 is 11.9 Å². The first kappa shape index (κ1) is 25.7. The van der Waals surface area contributed by atoms with Gasteiger partial charge in [0, 0.05) is 6.10 Å². The highest BCUT2D eigenvalue weighted by Crippen LogP contribution is 2.69. The number of rotatable bonds is 8. The van der Waals surface area contributed by atoms with Crippen LogP contribution in [0.25, 0.3) is 0 Å². The largest absolute Gasteiger partial charge is 0.468 e. The molecule has 184 valence electrons. The minimum Gasteiger partial charge on any atom is -0.468 e. The number of carbonyl (C=O) groups excluding carboxylic acids is 2. The van der Waals surface area contributed by atoms with Crippen LogP contribution in [0.2, 0.25) is 18.1 Å². The highest BCUT2D eigenvalue weighted by atomic mass is 28.4. The number of fused-ring (bicyclic) bond motifs is 1. The van der Waals surface area contributed by atoms with E-state index in [2.05, 4.69) is 40.8 Å². The van der Waals surface area contributed by atoms with Crippen LogP contribution in [-0.4, -0.2) is 40.6 Å². The van der Waals surface area contributed by atoms with Crippen LogP contribution in [0.4, 0.5) is 0 Å². The molecule has 0 bridgehead atoms. The number of esters is 2. The molecule has 0 saturated heterocycles. The molecule has 0 spiro atoms. The molecule has 0 aromatic heterocycles. The van der Waals surface area contributed by atoms with E-state index in [1.54, 1.807) is 0 Å². The van der Waals surface area contributed by atoms with Crippen LogP contribution < -0.4 is 0 Å². The minimum absolute atomic E-state index is 0.230. The summed E-state index contributed by atoms with van der Waals surface area (Å²) >= 11 is 0. The van der Waals surface area contributed by atoms with Crippen molar-refractivity contribution in [2.75, 3.05) is 14.2 Å². The molecule has 0 aliphatic heterocycles. The Bertz CT molecular complexity index is 691. The van der Waals surface area contributed by atoms with Gasteiger partial charge in [-0.05, 0) is 92.2 Å². The molecular formula is C26H46O5Si. The molecule has 4 atom stereocenters. The van der Waals surface area contributed by atoms with Crippen molar-refractivity contribution in [3.05, 3.63) is 0 Å². The maximum atomic E-state index is 12.2. The van der Waals surface area contributed by atoms with E-state index in [0.29, 0.717) is 29.8 Å². The number of hydrogen-bond donors (Lipinski definition) is 0.